The van der Waals surface area contributed by atoms with E-state index in [2.05, 4.69) is 55.6 Å². The Balaban J connectivity index is 1.33. The number of unbranched alkanes of at least 4 members (excludes halogenated alkanes) is 3. The van der Waals surface area contributed by atoms with Gasteiger partial charge in [0.25, 0.3) is 0 Å². The summed E-state index contributed by atoms with van der Waals surface area (Å²) in [6.45, 7) is 4.89. The molecule has 184 valence electrons. The first-order valence-corrected chi connectivity index (χ1v) is 13.8. The third-order valence-electron chi connectivity index (χ3n) is 6.56. The van der Waals surface area contributed by atoms with E-state index in [1.165, 1.54) is 22.3 Å². The molecule has 2 atom stereocenters. The van der Waals surface area contributed by atoms with Crippen molar-refractivity contribution in [2.24, 2.45) is 5.73 Å². The number of aromatic nitrogens is 1. The molecule has 4 rings (SSSR count). The lowest BCUT2D eigenvalue weighted by atomic mass is 9.93. The molecule has 1 aliphatic rings. The summed E-state index contributed by atoms with van der Waals surface area (Å²) in [5, 5.41) is 3.36. The van der Waals surface area contributed by atoms with Crippen LogP contribution in [0.25, 0.3) is 11.1 Å². The molecule has 0 saturated heterocycles. The van der Waals surface area contributed by atoms with Crippen molar-refractivity contribution in [1.29, 1.82) is 0 Å². The van der Waals surface area contributed by atoms with Crippen molar-refractivity contribution < 1.29 is 14.2 Å². The second-order valence-electron chi connectivity index (χ2n) is 9.37. The molecular formula is C28H35N3O3P+. The van der Waals surface area contributed by atoms with Gasteiger partial charge < -0.3 is 15.8 Å². The average molecular weight is 493 g/mol. The van der Waals surface area contributed by atoms with E-state index in [0.29, 0.717) is 12.8 Å². The van der Waals surface area contributed by atoms with Gasteiger partial charge in [-0.2, -0.15) is 4.89 Å². The predicted octanol–water partition coefficient (Wildman–Crippen LogP) is 6.21. The molecule has 1 aromatic heterocycles. The molecule has 35 heavy (non-hydrogen) atoms. The van der Waals surface area contributed by atoms with Gasteiger partial charge in [-0.05, 0) is 103 Å². The van der Waals surface area contributed by atoms with Crippen LogP contribution in [0.4, 0.5) is 5.69 Å². The fraction of sp³-hybridized carbons (Fsp3) is 0.393. The monoisotopic (exact) mass is 492 g/mol. The highest BCUT2D eigenvalue weighted by molar-refractivity contribution is 7.37. The third kappa shape index (κ3) is 6.66. The number of ether oxygens (including phenoxy) is 1. The van der Waals surface area contributed by atoms with Crippen LogP contribution in [0.3, 0.4) is 0 Å². The van der Waals surface area contributed by atoms with Crippen molar-refractivity contribution in [2.75, 3.05) is 18.1 Å². The average Bonchev–Trinajstić information content (AvgIpc) is 2.82. The maximum atomic E-state index is 10.7. The number of fused-ring (bicyclic) bond motifs is 3. The summed E-state index contributed by atoms with van der Waals surface area (Å²) in [5.41, 5.74) is 15.5. The number of rotatable bonds is 11. The van der Waals surface area contributed by atoms with Crippen LogP contribution in [0, 0.1) is 13.8 Å². The standard InChI is InChI=1S/C28H34N3O3P/c1-19-7-12-24-25-17-21(18-30-27(25)28(29)31-26(24)15-19)8-9-22-10-11-23(16-20(22)2)34-13-5-3-4-6-14-35(32)33/h7,10-12,15-18,28,31H,3-6,8-9,13-14,29H2,1-2H3/p+1. The van der Waals surface area contributed by atoms with Gasteiger partial charge in [-0.15, -0.1) is 0 Å². The zero-order valence-corrected chi connectivity index (χ0v) is 21.5. The van der Waals surface area contributed by atoms with Crippen molar-refractivity contribution in [3.05, 3.63) is 76.6 Å². The highest BCUT2D eigenvalue weighted by Crippen LogP contribution is 2.38. The molecule has 7 heteroatoms. The largest absolute Gasteiger partial charge is 0.505 e. The van der Waals surface area contributed by atoms with Crippen LogP contribution >= 0.6 is 8.03 Å². The Labute approximate surface area is 208 Å². The molecule has 1 aliphatic heterocycles. The summed E-state index contributed by atoms with van der Waals surface area (Å²) in [6.07, 6.45) is 7.63. The zero-order valence-electron chi connectivity index (χ0n) is 20.6. The molecule has 0 spiro atoms. The lowest BCUT2D eigenvalue weighted by molar-refractivity contribution is 0.305. The van der Waals surface area contributed by atoms with Gasteiger partial charge in [0.2, 0.25) is 0 Å². The van der Waals surface area contributed by atoms with Crippen molar-refractivity contribution >= 4 is 13.7 Å². The lowest BCUT2D eigenvalue weighted by Crippen LogP contribution is -2.25. The minimum atomic E-state index is -1.99. The van der Waals surface area contributed by atoms with Gasteiger partial charge in [-0.3, -0.25) is 4.98 Å². The van der Waals surface area contributed by atoms with Gasteiger partial charge in [-0.1, -0.05) is 18.2 Å². The molecule has 0 saturated carbocycles. The number of hydrogen-bond donors (Lipinski definition) is 3. The fourth-order valence-electron chi connectivity index (χ4n) is 4.58. The first kappa shape index (κ1) is 25.3. The normalized spacial score (nSPS) is 14.6. The number of anilines is 1. The van der Waals surface area contributed by atoms with E-state index >= 15 is 0 Å². The molecule has 0 aliphatic carbocycles. The molecule has 0 radical (unpaired) electrons. The molecule has 0 amide bonds. The summed E-state index contributed by atoms with van der Waals surface area (Å²) < 4.78 is 16.6. The smallest absolute Gasteiger partial charge is 0.494 e. The van der Waals surface area contributed by atoms with Crippen molar-refractivity contribution in [1.82, 2.24) is 4.98 Å². The second kappa shape index (κ2) is 11.8. The molecular weight excluding hydrogens is 457 g/mol. The lowest BCUT2D eigenvalue weighted by Gasteiger charge is -2.27. The van der Waals surface area contributed by atoms with Crippen LogP contribution in [0.5, 0.6) is 5.75 Å². The van der Waals surface area contributed by atoms with Crippen LogP contribution in [-0.4, -0.2) is 22.6 Å². The summed E-state index contributed by atoms with van der Waals surface area (Å²) in [7, 11) is -1.99. The van der Waals surface area contributed by atoms with Gasteiger partial charge in [0.1, 0.15) is 11.9 Å². The number of aryl methyl sites for hydroxylation is 4. The Hall–Kier alpha value is -2.79. The maximum absolute atomic E-state index is 10.7. The Morgan fingerprint density at radius 3 is 2.66 bits per heavy atom. The Bertz CT molecular complexity index is 1200. The number of nitrogens with one attached hydrogen (secondary N) is 1. The molecule has 3 aromatic rings. The number of nitrogens with zero attached hydrogens (tertiary/aromatic N) is 1. The fourth-order valence-corrected chi connectivity index (χ4v) is 5.07. The Kier molecular flexibility index (Phi) is 8.50. The van der Waals surface area contributed by atoms with Gasteiger partial charge in [0, 0.05) is 23.0 Å². The van der Waals surface area contributed by atoms with E-state index in [4.69, 9.17) is 20.3 Å². The number of hydrogen-bond acceptors (Lipinski definition) is 5. The highest BCUT2D eigenvalue weighted by Gasteiger charge is 2.23. The summed E-state index contributed by atoms with van der Waals surface area (Å²) in [4.78, 5) is 13.5. The molecule has 2 aromatic carbocycles. The molecule has 2 heterocycles. The molecule has 0 bridgehead atoms. The second-order valence-corrected chi connectivity index (χ2v) is 10.5. The number of benzene rings is 2. The van der Waals surface area contributed by atoms with Crippen molar-refractivity contribution in [2.45, 2.75) is 58.5 Å². The van der Waals surface area contributed by atoms with Gasteiger partial charge >= 0.3 is 8.03 Å². The Morgan fingerprint density at radius 1 is 1.03 bits per heavy atom. The van der Waals surface area contributed by atoms with E-state index in [-0.39, 0.29) is 6.17 Å². The van der Waals surface area contributed by atoms with Crippen molar-refractivity contribution in [3.63, 3.8) is 0 Å². The van der Waals surface area contributed by atoms with E-state index in [9.17, 15) is 4.57 Å². The maximum Gasteiger partial charge on any atom is 0.505 e. The van der Waals surface area contributed by atoms with Gasteiger partial charge in [-0.25, -0.2) is 0 Å². The minimum absolute atomic E-state index is 0.297. The number of nitrogens with two attached hydrogens (primary N) is 1. The van der Waals surface area contributed by atoms with Crippen LogP contribution in [0.2, 0.25) is 0 Å². The van der Waals surface area contributed by atoms with E-state index in [1.807, 2.05) is 12.3 Å². The summed E-state index contributed by atoms with van der Waals surface area (Å²) in [5.74, 6) is 0.897. The van der Waals surface area contributed by atoms with Gasteiger partial charge in [0.15, 0.2) is 6.16 Å². The van der Waals surface area contributed by atoms with Crippen molar-refractivity contribution in [3.8, 4) is 16.9 Å². The van der Waals surface area contributed by atoms with E-state index in [1.54, 1.807) is 0 Å². The Morgan fingerprint density at radius 2 is 1.86 bits per heavy atom. The van der Waals surface area contributed by atoms with Crippen LogP contribution in [0.15, 0.2) is 48.7 Å². The molecule has 6 nitrogen and oxygen atoms in total. The first-order valence-electron chi connectivity index (χ1n) is 12.4. The molecule has 0 fully saturated rings. The van der Waals surface area contributed by atoms with E-state index in [0.717, 1.165) is 66.8 Å². The summed E-state index contributed by atoms with van der Waals surface area (Å²) >= 11 is 0. The topological polar surface area (TPSA) is 97.5 Å². The zero-order chi connectivity index (χ0) is 24.8. The van der Waals surface area contributed by atoms with Crippen LogP contribution < -0.4 is 15.8 Å². The highest BCUT2D eigenvalue weighted by atomic mass is 31.1. The summed E-state index contributed by atoms with van der Waals surface area (Å²) in [6, 6.07) is 15.0. The first-order chi connectivity index (χ1) is 16.9. The van der Waals surface area contributed by atoms with E-state index < -0.39 is 8.03 Å². The predicted molar refractivity (Wildman–Crippen MR) is 142 cm³/mol. The van der Waals surface area contributed by atoms with Crippen LogP contribution in [-0.2, 0) is 17.4 Å². The SMILES string of the molecule is Cc1ccc2c(c1)NC(N)c1ncc(CCc3ccc(OCCCCCC[P+](=O)O)cc3C)cc1-2. The van der Waals surface area contributed by atoms with Crippen LogP contribution in [0.1, 0.15) is 59.8 Å². The van der Waals surface area contributed by atoms with Gasteiger partial charge in [0.05, 0.1) is 12.3 Å². The third-order valence-corrected chi connectivity index (χ3v) is 7.25. The molecule has 2 unspecified atom stereocenters. The quantitative estimate of drug-likeness (QED) is 0.218. The minimum Gasteiger partial charge on any atom is -0.494 e. The molecule has 4 N–H and O–H groups in total. The number of pyridine rings is 1.